The Morgan fingerprint density at radius 3 is 2.71 bits per heavy atom. The average Bonchev–Trinajstić information content (AvgIpc) is 2.40. The number of carbonyl (C=O) groups is 1. The largest absolute Gasteiger partial charge is 0.507 e. The summed E-state index contributed by atoms with van der Waals surface area (Å²) in [6.45, 7) is 1.84. The van der Waals surface area contributed by atoms with Crippen molar-refractivity contribution in [1.29, 1.82) is 0 Å². The van der Waals surface area contributed by atoms with Gasteiger partial charge in [0.1, 0.15) is 11.6 Å². The van der Waals surface area contributed by atoms with Gasteiger partial charge >= 0.3 is 0 Å². The molecule has 2 rings (SSSR count). The lowest BCUT2D eigenvalue weighted by Crippen LogP contribution is -2.16. The van der Waals surface area contributed by atoms with E-state index in [4.69, 9.17) is 5.73 Å². The summed E-state index contributed by atoms with van der Waals surface area (Å²) in [5.74, 6) is -1.01. The predicted molar refractivity (Wildman–Crippen MR) is 79.4 cm³/mol. The molecule has 21 heavy (non-hydrogen) atoms. The Labute approximate surface area is 122 Å². The fraction of sp³-hybridized carbons (Fsp3) is 0.188. The fourth-order valence-corrected chi connectivity index (χ4v) is 2.20. The molecule has 1 atom stereocenters. The molecule has 4 N–H and O–H groups in total. The number of aromatic hydroxyl groups is 1. The summed E-state index contributed by atoms with van der Waals surface area (Å²) in [6.07, 6.45) is 0.130. The number of anilines is 1. The van der Waals surface area contributed by atoms with E-state index in [1.807, 2.05) is 31.2 Å². The summed E-state index contributed by atoms with van der Waals surface area (Å²) in [4.78, 5) is 11.1. The van der Waals surface area contributed by atoms with E-state index < -0.39 is 11.7 Å². The molecule has 0 saturated heterocycles. The van der Waals surface area contributed by atoms with Gasteiger partial charge in [-0.1, -0.05) is 24.3 Å². The SMILES string of the molecule is CC(Nc1ccccc1CC(N)=O)c1ccc(F)cc1O. The van der Waals surface area contributed by atoms with Crippen molar-refractivity contribution in [2.75, 3.05) is 5.32 Å². The van der Waals surface area contributed by atoms with Gasteiger partial charge in [0.25, 0.3) is 0 Å². The lowest BCUT2D eigenvalue weighted by atomic mass is 10.0. The van der Waals surface area contributed by atoms with Gasteiger partial charge in [-0.3, -0.25) is 4.79 Å². The van der Waals surface area contributed by atoms with Crippen molar-refractivity contribution in [2.24, 2.45) is 5.73 Å². The van der Waals surface area contributed by atoms with Crippen LogP contribution in [0.2, 0.25) is 0 Å². The number of phenols is 1. The minimum atomic E-state index is -0.488. The van der Waals surface area contributed by atoms with Gasteiger partial charge in [-0.25, -0.2) is 4.39 Å². The van der Waals surface area contributed by atoms with Crippen molar-refractivity contribution in [3.8, 4) is 5.75 Å². The molecule has 1 amide bonds. The Morgan fingerprint density at radius 2 is 2.05 bits per heavy atom. The van der Waals surface area contributed by atoms with E-state index in [1.165, 1.54) is 12.1 Å². The highest BCUT2D eigenvalue weighted by molar-refractivity contribution is 5.78. The van der Waals surface area contributed by atoms with E-state index in [0.29, 0.717) is 5.56 Å². The number of hydrogen-bond acceptors (Lipinski definition) is 3. The zero-order valence-corrected chi connectivity index (χ0v) is 11.6. The molecule has 110 valence electrons. The summed E-state index contributed by atoms with van der Waals surface area (Å²) in [5.41, 5.74) is 7.34. The number of carbonyl (C=O) groups excluding carboxylic acids is 1. The number of benzene rings is 2. The van der Waals surface area contributed by atoms with E-state index in [1.54, 1.807) is 0 Å². The molecule has 2 aromatic rings. The van der Waals surface area contributed by atoms with Crippen molar-refractivity contribution in [3.05, 3.63) is 59.4 Å². The number of nitrogens with one attached hydrogen (secondary N) is 1. The van der Waals surface area contributed by atoms with Crippen LogP contribution in [0.3, 0.4) is 0 Å². The van der Waals surface area contributed by atoms with Crippen LogP contribution < -0.4 is 11.1 Å². The molecule has 0 aromatic heterocycles. The maximum atomic E-state index is 13.0. The maximum absolute atomic E-state index is 13.0. The van der Waals surface area contributed by atoms with Gasteiger partial charge in [-0.2, -0.15) is 0 Å². The summed E-state index contributed by atoms with van der Waals surface area (Å²) in [6, 6.07) is 10.9. The summed E-state index contributed by atoms with van der Waals surface area (Å²) >= 11 is 0. The van der Waals surface area contributed by atoms with Crippen molar-refractivity contribution in [3.63, 3.8) is 0 Å². The molecule has 0 saturated carbocycles. The first-order valence-electron chi connectivity index (χ1n) is 6.58. The number of halogens is 1. The molecular weight excluding hydrogens is 271 g/mol. The first-order chi connectivity index (χ1) is 9.97. The Balaban J connectivity index is 2.23. The number of rotatable bonds is 5. The zero-order valence-electron chi connectivity index (χ0n) is 11.6. The number of para-hydroxylation sites is 1. The normalized spacial score (nSPS) is 11.9. The highest BCUT2D eigenvalue weighted by Gasteiger charge is 2.13. The van der Waals surface area contributed by atoms with Gasteiger partial charge in [0.15, 0.2) is 0 Å². The van der Waals surface area contributed by atoms with Crippen LogP contribution in [0, 0.1) is 5.82 Å². The molecule has 0 heterocycles. The molecule has 5 heteroatoms. The van der Waals surface area contributed by atoms with Crippen LogP contribution in [0.25, 0.3) is 0 Å². The minimum absolute atomic E-state index is 0.109. The minimum Gasteiger partial charge on any atom is -0.507 e. The highest BCUT2D eigenvalue weighted by Crippen LogP contribution is 2.28. The van der Waals surface area contributed by atoms with E-state index >= 15 is 0 Å². The average molecular weight is 288 g/mol. The van der Waals surface area contributed by atoms with Gasteiger partial charge in [-0.05, 0) is 24.6 Å². The molecule has 2 aromatic carbocycles. The number of amides is 1. The van der Waals surface area contributed by atoms with Gasteiger partial charge < -0.3 is 16.2 Å². The molecule has 0 radical (unpaired) electrons. The molecule has 1 unspecified atom stereocenters. The molecule has 0 fully saturated rings. The number of primary amides is 1. The number of hydrogen-bond donors (Lipinski definition) is 3. The van der Waals surface area contributed by atoms with Gasteiger partial charge in [-0.15, -0.1) is 0 Å². The first-order valence-corrected chi connectivity index (χ1v) is 6.58. The lowest BCUT2D eigenvalue weighted by molar-refractivity contribution is -0.117. The van der Waals surface area contributed by atoms with Crippen molar-refractivity contribution >= 4 is 11.6 Å². The van der Waals surface area contributed by atoms with Crippen LogP contribution in [0.5, 0.6) is 5.75 Å². The highest BCUT2D eigenvalue weighted by atomic mass is 19.1. The quantitative estimate of drug-likeness (QED) is 0.792. The van der Waals surface area contributed by atoms with Crippen LogP contribution in [0.1, 0.15) is 24.1 Å². The van der Waals surface area contributed by atoms with Crippen LogP contribution in [-0.2, 0) is 11.2 Å². The Kier molecular flexibility index (Phi) is 4.42. The summed E-state index contributed by atoms with van der Waals surface area (Å²) in [7, 11) is 0. The first kappa shape index (κ1) is 14.8. The van der Waals surface area contributed by atoms with Crippen LogP contribution >= 0.6 is 0 Å². The smallest absolute Gasteiger partial charge is 0.221 e. The second kappa shape index (κ2) is 6.26. The van der Waals surface area contributed by atoms with Crippen LogP contribution in [0.15, 0.2) is 42.5 Å². The van der Waals surface area contributed by atoms with E-state index in [2.05, 4.69) is 5.32 Å². The summed E-state index contributed by atoms with van der Waals surface area (Å²) in [5, 5.41) is 13.0. The second-order valence-electron chi connectivity index (χ2n) is 4.87. The van der Waals surface area contributed by atoms with Crippen LogP contribution in [0.4, 0.5) is 10.1 Å². The van der Waals surface area contributed by atoms with Gasteiger partial charge in [0, 0.05) is 17.3 Å². The third-order valence-corrected chi connectivity index (χ3v) is 3.21. The number of nitrogens with two attached hydrogens (primary N) is 1. The molecular formula is C16H17FN2O2. The van der Waals surface area contributed by atoms with Gasteiger partial charge in [0.2, 0.25) is 5.91 Å². The molecule has 0 aliphatic heterocycles. The van der Waals surface area contributed by atoms with E-state index in [-0.39, 0.29) is 18.2 Å². The van der Waals surface area contributed by atoms with Crippen molar-refractivity contribution in [1.82, 2.24) is 0 Å². The third-order valence-electron chi connectivity index (χ3n) is 3.21. The van der Waals surface area contributed by atoms with Crippen molar-refractivity contribution in [2.45, 2.75) is 19.4 Å². The van der Waals surface area contributed by atoms with Gasteiger partial charge in [0.05, 0.1) is 12.5 Å². The number of phenolic OH excluding ortho intramolecular Hbond substituents is 1. The fourth-order valence-electron chi connectivity index (χ4n) is 2.20. The van der Waals surface area contributed by atoms with E-state index in [9.17, 15) is 14.3 Å². The maximum Gasteiger partial charge on any atom is 0.221 e. The Morgan fingerprint density at radius 1 is 1.33 bits per heavy atom. The molecule has 0 aliphatic rings. The van der Waals surface area contributed by atoms with Crippen LogP contribution in [-0.4, -0.2) is 11.0 Å². The standard InChI is InChI=1S/C16H17FN2O2/c1-10(13-7-6-12(17)9-15(13)20)19-14-5-3-2-4-11(14)8-16(18)21/h2-7,9-10,19-20H,8H2,1H3,(H2,18,21). The monoisotopic (exact) mass is 288 g/mol. The molecule has 4 nitrogen and oxygen atoms in total. The lowest BCUT2D eigenvalue weighted by Gasteiger charge is -2.19. The Bertz CT molecular complexity index is 658. The third kappa shape index (κ3) is 3.72. The molecule has 0 aliphatic carbocycles. The molecule has 0 spiro atoms. The zero-order chi connectivity index (χ0) is 15.4. The topological polar surface area (TPSA) is 75.3 Å². The van der Waals surface area contributed by atoms with E-state index in [0.717, 1.165) is 17.3 Å². The predicted octanol–water partition coefficient (Wildman–Crippen LogP) is 2.73. The molecule has 0 bridgehead atoms. The van der Waals surface area contributed by atoms with Crippen molar-refractivity contribution < 1.29 is 14.3 Å². The summed E-state index contributed by atoms with van der Waals surface area (Å²) < 4.78 is 13.0. The Hall–Kier alpha value is -2.56. The second-order valence-corrected chi connectivity index (χ2v) is 4.87.